The van der Waals surface area contributed by atoms with Gasteiger partial charge in [0.2, 0.25) is 0 Å². The zero-order valence-electron chi connectivity index (χ0n) is 6.88. The summed E-state index contributed by atoms with van der Waals surface area (Å²) in [5.74, 6) is 0. The third kappa shape index (κ3) is 1.33. The van der Waals surface area contributed by atoms with E-state index in [0.29, 0.717) is 6.04 Å². The van der Waals surface area contributed by atoms with E-state index in [-0.39, 0.29) is 5.56 Å². The van der Waals surface area contributed by atoms with E-state index in [1.807, 2.05) is 17.7 Å². The van der Waals surface area contributed by atoms with Gasteiger partial charge < -0.3 is 4.57 Å². The summed E-state index contributed by atoms with van der Waals surface area (Å²) < 4.78 is 2.84. The Morgan fingerprint density at radius 3 is 2.83 bits per heavy atom. The molecule has 0 saturated heterocycles. The van der Waals surface area contributed by atoms with Crippen molar-refractivity contribution in [3.8, 4) is 0 Å². The molecular weight excluding hydrogens is 218 g/mol. The van der Waals surface area contributed by atoms with Crippen LogP contribution in [0.25, 0.3) is 0 Å². The lowest BCUT2D eigenvalue weighted by Gasteiger charge is -2.04. The van der Waals surface area contributed by atoms with Crippen LogP contribution in [0.3, 0.4) is 0 Å². The Morgan fingerprint density at radius 2 is 2.25 bits per heavy atom. The Balaban J connectivity index is 2.55. The van der Waals surface area contributed by atoms with Crippen molar-refractivity contribution in [2.24, 2.45) is 0 Å². The second-order valence-electron chi connectivity index (χ2n) is 3.28. The molecule has 1 aromatic heterocycles. The molecule has 2 rings (SSSR count). The van der Waals surface area contributed by atoms with Crippen molar-refractivity contribution in [1.82, 2.24) is 4.57 Å². The van der Waals surface area contributed by atoms with Crippen LogP contribution in [0.2, 0.25) is 0 Å². The van der Waals surface area contributed by atoms with Gasteiger partial charge in [0.05, 0.1) is 0 Å². The lowest BCUT2D eigenvalue weighted by molar-refractivity contribution is 0.702. The van der Waals surface area contributed by atoms with Crippen LogP contribution in [-0.2, 0) is 0 Å². The van der Waals surface area contributed by atoms with Crippen LogP contribution < -0.4 is 5.56 Å². The minimum atomic E-state index is 0.123. The van der Waals surface area contributed by atoms with Crippen molar-refractivity contribution in [3.63, 3.8) is 0 Å². The van der Waals surface area contributed by atoms with Crippen molar-refractivity contribution >= 4 is 15.9 Å². The molecule has 1 aliphatic rings. The maximum absolute atomic E-state index is 11.4. The fourth-order valence-corrected chi connectivity index (χ4v) is 1.59. The Morgan fingerprint density at radius 1 is 1.58 bits per heavy atom. The first kappa shape index (κ1) is 8.05. The predicted octanol–water partition coefficient (Wildman–Crippen LogP) is 2.25. The van der Waals surface area contributed by atoms with E-state index in [0.717, 1.165) is 22.9 Å². The van der Waals surface area contributed by atoms with Gasteiger partial charge in [-0.3, -0.25) is 4.79 Å². The van der Waals surface area contributed by atoms with Gasteiger partial charge in [-0.15, -0.1) is 0 Å². The van der Waals surface area contributed by atoms with E-state index >= 15 is 0 Å². The fraction of sp³-hybridized carbons (Fsp3) is 0.444. The standard InChI is InChI=1S/C9H10BrNO/c1-6-4-9(12)11(5-8(6)10)7-2-3-7/h4-5,7H,2-3H2,1H3. The maximum Gasteiger partial charge on any atom is 0.251 e. The number of nitrogens with zero attached hydrogens (tertiary/aromatic N) is 1. The minimum absolute atomic E-state index is 0.123. The summed E-state index contributed by atoms with van der Waals surface area (Å²) in [5, 5.41) is 0. The molecule has 1 aliphatic carbocycles. The molecule has 0 amide bonds. The smallest absolute Gasteiger partial charge is 0.251 e. The molecule has 1 aromatic rings. The van der Waals surface area contributed by atoms with Gasteiger partial charge in [0.15, 0.2) is 0 Å². The average molecular weight is 228 g/mol. The highest BCUT2D eigenvalue weighted by atomic mass is 79.9. The molecule has 1 saturated carbocycles. The number of halogens is 1. The van der Waals surface area contributed by atoms with Gasteiger partial charge in [-0.25, -0.2) is 0 Å². The largest absolute Gasteiger partial charge is 0.311 e. The van der Waals surface area contributed by atoms with E-state index in [1.165, 1.54) is 0 Å². The third-order valence-corrected chi connectivity index (χ3v) is 2.99. The first-order valence-corrected chi connectivity index (χ1v) is 4.86. The maximum atomic E-state index is 11.4. The summed E-state index contributed by atoms with van der Waals surface area (Å²) in [7, 11) is 0. The SMILES string of the molecule is Cc1cc(=O)n(C2CC2)cc1Br. The molecular formula is C9H10BrNO. The first-order chi connectivity index (χ1) is 5.68. The third-order valence-electron chi connectivity index (χ3n) is 2.16. The minimum Gasteiger partial charge on any atom is -0.311 e. The van der Waals surface area contributed by atoms with Crippen LogP contribution >= 0.6 is 15.9 Å². The fourth-order valence-electron chi connectivity index (χ4n) is 1.25. The molecule has 1 fully saturated rings. The number of hydrogen-bond donors (Lipinski definition) is 0. The van der Waals surface area contributed by atoms with Crippen molar-refractivity contribution in [3.05, 3.63) is 32.7 Å². The van der Waals surface area contributed by atoms with Gasteiger partial charge in [0.25, 0.3) is 5.56 Å². The number of hydrogen-bond acceptors (Lipinski definition) is 1. The highest BCUT2D eigenvalue weighted by Gasteiger charge is 2.24. The second-order valence-corrected chi connectivity index (χ2v) is 4.14. The molecule has 0 spiro atoms. The van der Waals surface area contributed by atoms with Crippen LogP contribution in [0.15, 0.2) is 21.5 Å². The Bertz CT molecular complexity index is 365. The van der Waals surface area contributed by atoms with Crippen molar-refractivity contribution in [1.29, 1.82) is 0 Å². The predicted molar refractivity (Wildman–Crippen MR) is 51.4 cm³/mol. The molecule has 64 valence electrons. The highest BCUT2D eigenvalue weighted by molar-refractivity contribution is 9.10. The van der Waals surface area contributed by atoms with Crippen molar-refractivity contribution in [2.45, 2.75) is 25.8 Å². The monoisotopic (exact) mass is 227 g/mol. The van der Waals surface area contributed by atoms with Gasteiger partial charge in [-0.05, 0) is 41.3 Å². The van der Waals surface area contributed by atoms with Crippen LogP contribution in [0.4, 0.5) is 0 Å². The number of rotatable bonds is 1. The van der Waals surface area contributed by atoms with Crippen LogP contribution in [0, 0.1) is 6.92 Å². The molecule has 0 aromatic carbocycles. The summed E-state index contributed by atoms with van der Waals surface area (Å²) in [6, 6.07) is 2.15. The Kier molecular flexibility index (Phi) is 1.83. The Labute approximate surface area is 79.3 Å². The van der Waals surface area contributed by atoms with Crippen LogP contribution in [-0.4, -0.2) is 4.57 Å². The van der Waals surface area contributed by atoms with E-state index in [9.17, 15) is 4.79 Å². The van der Waals surface area contributed by atoms with Gasteiger partial charge in [0, 0.05) is 22.8 Å². The summed E-state index contributed by atoms with van der Waals surface area (Å²) >= 11 is 3.42. The molecule has 0 unspecified atom stereocenters. The summed E-state index contributed by atoms with van der Waals surface area (Å²) in [5.41, 5.74) is 1.13. The molecule has 0 radical (unpaired) electrons. The number of pyridine rings is 1. The number of aryl methyl sites for hydroxylation is 1. The highest BCUT2D eigenvalue weighted by Crippen LogP contribution is 2.34. The molecule has 1 heterocycles. The molecule has 2 nitrogen and oxygen atoms in total. The molecule has 0 atom stereocenters. The van der Waals surface area contributed by atoms with Crippen molar-refractivity contribution < 1.29 is 0 Å². The van der Waals surface area contributed by atoms with Gasteiger partial charge in [0.1, 0.15) is 0 Å². The zero-order valence-corrected chi connectivity index (χ0v) is 8.47. The second kappa shape index (κ2) is 2.73. The number of aromatic nitrogens is 1. The first-order valence-electron chi connectivity index (χ1n) is 4.07. The van der Waals surface area contributed by atoms with Crippen LogP contribution in [0.5, 0.6) is 0 Å². The van der Waals surface area contributed by atoms with E-state index < -0.39 is 0 Å². The zero-order chi connectivity index (χ0) is 8.72. The van der Waals surface area contributed by atoms with Gasteiger partial charge in [-0.1, -0.05) is 0 Å². The van der Waals surface area contributed by atoms with Crippen LogP contribution in [0.1, 0.15) is 24.4 Å². The molecule has 0 aliphatic heterocycles. The van der Waals surface area contributed by atoms with Gasteiger partial charge >= 0.3 is 0 Å². The quantitative estimate of drug-likeness (QED) is 0.722. The van der Waals surface area contributed by atoms with E-state index in [4.69, 9.17) is 0 Å². The van der Waals surface area contributed by atoms with E-state index in [2.05, 4.69) is 15.9 Å². The van der Waals surface area contributed by atoms with E-state index in [1.54, 1.807) is 6.07 Å². The summed E-state index contributed by atoms with van der Waals surface area (Å²) in [4.78, 5) is 11.4. The lowest BCUT2D eigenvalue weighted by atomic mass is 10.3. The van der Waals surface area contributed by atoms with Gasteiger partial charge in [-0.2, -0.15) is 0 Å². The molecule has 0 N–H and O–H groups in total. The molecule has 3 heteroatoms. The Hall–Kier alpha value is -0.570. The summed E-state index contributed by atoms with van der Waals surface area (Å²) in [6.45, 7) is 1.93. The lowest BCUT2D eigenvalue weighted by Crippen LogP contribution is -2.17. The average Bonchev–Trinajstić information content (AvgIpc) is 2.79. The summed E-state index contributed by atoms with van der Waals surface area (Å²) in [6.07, 6.45) is 4.19. The van der Waals surface area contributed by atoms with Crippen molar-refractivity contribution in [2.75, 3.05) is 0 Å². The normalized spacial score (nSPS) is 16.5. The molecule has 0 bridgehead atoms. The topological polar surface area (TPSA) is 22.0 Å². The molecule has 12 heavy (non-hydrogen) atoms.